The largest absolute Gasteiger partial charge is 0.348 e. The zero-order valence-corrected chi connectivity index (χ0v) is 22.0. The van der Waals surface area contributed by atoms with Gasteiger partial charge in [-0.1, -0.05) is 91.0 Å². The lowest BCUT2D eigenvalue weighted by molar-refractivity contribution is -0.0210. The topological polar surface area (TPSA) is 77.5 Å². The van der Waals surface area contributed by atoms with E-state index in [1.165, 1.54) is 0 Å². The van der Waals surface area contributed by atoms with Crippen LogP contribution >= 0.6 is 22.6 Å². The second-order valence-corrected chi connectivity index (χ2v) is 11.2. The molecule has 2 spiro atoms. The van der Waals surface area contributed by atoms with E-state index in [2.05, 4.69) is 22.6 Å². The van der Waals surface area contributed by atoms with Crippen molar-refractivity contribution >= 4 is 45.7 Å². The lowest BCUT2D eigenvalue weighted by atomic mass is 9.60. The van der Waals surface area contributed by atoms with Gasteiger partial charge in [-0.3, -0.25) is 19.2 Å². The van der Waals surface area contributed by atoms with E-state index in [4.69, 9.17) is 4.74 Å². The first-order valence-corrected chi connectivity index (χ1v) is 13.4. The molecular formula is C32H19IO5. The number of rotatable bonds is 2. The summed E-state index contributed by atoms with van der Waals surface area (Å²) in [7, 11) is 0. The number of carbonyl (C=O) groups excluding carboxylic acids is 4. The molecule has 38 heavy (non-hydrogen) atoms. The van der Waals surface area contributed by atoms with Gasteiger partial charge in [-0.15, -0.1) is 0 Å². The normalized spacial score (nSPS) is 22.3. The van der Waals surface area contributed by atoms with Crippen molar-refractivity contribution in [1.29, 1.82) is 0 Å². The summed E-state index contributed by atoms with van der Waals surface area (Å²) < 4.78 is 7.64. The molecule has 0 N–H and O–H groups in total. The Bertz CT molecular complexity index is 1620. The van der Waals surface area contributed by atoms with Crippen molar-refractivity contribution in [2.75, 3.05) is 0 Å². The number of fused-ring (bicyclic) bond motifs is 2. The SMILES string of the molecule is O=C1c2ccccc2C(=O)C12O[C@@H](c1ccc(I)cc1)C1(C(=O)c3ccccc3C1=O)[C@@H]2c1ccccc1. The van der Waals surface area contributed by atoms with Crippen LogP contribution in [0.1, 0.15) is 64.6 Å². The van der Waals surface area contributed by atoms with E-state index in [0.29, 0.717) is 11.1 Å². The predicted molar refractivity (Wildman–Crippen MR) is 148 cm³/mol. The van der Waals surface area contributed by atoms with Crippen LogP contribution in [0.25, 0.3) is 0 Å². The first kappa shape index (κ1) is 23.4. The predicted octanol–water partition coefficient (Wildman–Crippen LogP) is 6.03. The molecule has 0 radical (unpaired) electrons. The van der Waals surface area contributed by atoms with Crippen molar-refractivity contribution in [3.8, 4) is 0 Å². The molecule has 6 heteroatoms. The van der Waals surface area contributed by atoms with E-state index in [0.717, 1.165) is 3.57 Å². The summed E-state index contributed by atoms with van der Waals surface area (Å²) in [6.45, 7) is 0. The molecule has 0 aromatic heterocycles. The Morgan fingerprint density at radius 1 is 0.526 bits per heavy atom. The van der Waals surface area contributed by atoms with Gasteiger partial charge in [0.25, 0.3) is 0 Å². The van der Waals surface area contributed by atoms with Crippen molar-refractivity contribution in [2.24, 2.45) is 5.41 Å². The lowest BCUT2D eigenvalue weighted by Crippen LogP contribution is -2.51. The van der Waals surface area contributed by atoms with E-state index >= 15 is 0 Å². The van der Waals surface area contributed by atoms with Gasteiger partial charge in [0, 0.05) is 25.8 Å². The number of hydrogen-bond acceptors (Lipinski definition) is 5. The molecule has 1 fully saturated rings. The van der Waals surface area contributed by atoms with Crippen molar-refractivity contribution < 1.29 is 23.9 Å². The van der Waals surface area contributed by atoms with Gasteiger partial charge in [0.2, 0.25) is 17.2 Å². The van der Waals surface area contributed by atoms with Gasteiger partial charge < -0.3 is 4.74 Å². The molecule has 1 aliphatic heterocycles. The van der Waals surface area contributed by atoms with E-state index < -0.39 is 46.2 Å². The van der Waals surface area contributed by atoms with Crippen LogP contribution in [0.3, 0.4) is 0 Å². The molecule has 1 heterocycles. The molecule has 0 amide bonds. The van der Waals surface area contributed by atoms with Crippen LogP contribution in [-0.2, 0) is 4.74 Å². The monoisotopic (exact) mass is 610 g/mol. The number of ether oxygens (including phenoxy) is 1. The van der Waals surface area contributed by atoms with Crippen LogP contribution in [0.2, 0.25) is 0 Å². The molecule has 5 nitrogen and oxygen atoms in total. The van der Waals surface area contributed by atoms with Gasteiger partial charge in [-0.05, 0) is 45.9 Å². The second kappa shape index (κ2) is 8.12. The zero-order valence-electron chi connectivity index (χ0n) is 19.9. The van der Waals surface area contributed by atoms with Crippen LogP contribution in [0, 0.1) is 8.99 Å². The fourth-order valence-electron chi connectivity index (χ4n) is 6.61. The maximum atomic E-state index is 14.6. The van der Waals surface area contributed by atoms with E-state index in [1.807, 2.05) is 18.2 Å². The van der Waals surface area contributed by atoms with Crippen molar-refractivity contribution in [2.45, 2.75) is 17.6 Å². The number of carbonyl (C=O) groups is 4. The maximum absolute atomic E-state index is 14.6. The molecule has 4 aromatic carbocycles. The molecule has 2 atom stereocenters. The fourth-order valence-corrected chi connectivity index (χ4v) is 6.97. The highest BCUT2D eigenvalue weighted by atomic mass is 127. The number of Topliss-reactive ketones (excluding diaryl/α,β-unsaturated/α-hetero) is 4. The third kappa shape index (κ3) is 2.74. The van der Waals surface area contributed by atoms with Gasteiger partial charge in [0.05, 0.1) is 5.92 Å². The van der Waals surface area contributed by atoms with E-state index in [-0.39, 0.29) is 22.3 Å². The first-order chi connectivity index (χ1) is 18.4. The minimum Gasteiger partial charge on any atom is -0.348 e. The van der Waals surface area contributed by atoms with Gasteiger partial charge in [-0.2, -0.15) is 0 Å². The summed E-state index contributed by atoms with van der Waals surface area (Å²) in [6.07, 6.45) is -1.15. The Labute approximate surface area is 232 Å². The quantitative estimate of drug-likeness (QED) is 0.205. The molecule has 0 bridgehead atoms. The maximum Gasteiger partial charge on any atom is 0.204 e. The second-order valence-electron chi connectivity index (χ2n) is 9.91. The summed E-state index contributed by atoms with van der Waals surface area (Å²) in [4.78, 5) is 57.7. The summed E-state index contributed by atoms with van der Waals surface area (Å²) in [6, 6.07) is 29.5. The minimum atomic E-state index is -2.06. The van der Waals surface area contributed by atoms with Gasteiger partial charge in [0.1, 0.15) is 11.5 Å². The van der Waals surface area contributed by atoms with Gasteiger partial charge in [-0.25, -0.2) is 0 Å². The number of halogens is 1. The molecule has 1 saturated heterocycles. The van der Waals surface area contributed by atoms with Crippen LogP contribution in [0.4, 0.5) is 0 Å². The molecule has 3 aliphatic rings. The molecule has 7 rings (SSSR count). The third-order valence-corrected chi connectivity index (χ3v) is 8.86. The van der Waals surface area contributed by atoms with Crippen molar-refractivity contribution in [1.82, 2.24) is 0 Å². The number of benzene rings is 4. The number of ketones is 4. The Hall–Kier alpha value is -3.75. The smallest absolute Gasteiger partial charge is 0.204 e. The van der Waals surface area contributed by atoms with E-state index in [1.54, 1.807) is 84.9 Å². The average Bonchev–Trinajstić information content (AvgIpc) is 3.48. The van der Waals surface area contributed by atoms with Crippen LogP contribution in [0.15, 0.2) is 103 Å². The lowest BCUT2D eigenvalue weighted by Gasteiger charge is -2.34. The molecule has 0 saturated carbocycles. The summed E-state index contributed by atoms with van der Waals surface area (Å²) in [5, 5.41) is 0. The third-order valence-electron chi connectivity index (χ3n) is 8.14. The van der Waals surface area contributed by atoms with Gasteiger partial charge in [0.15, 0.2) is 11.6 Å². The highest BCUT2D eigenvalue weighted by Crippen LogP contribution is 2.67. The average molecular weight is 610 g/mol. The Kier molecular flexibility index (Phi) is 5.00. The molecule has 2 aliphatic carbocycles. The first-order valence-electron chi connectivity index (χ1n) is 12.3. The minimum absolute atomic E-state index is 0.243. The highest BCUT2D eigenvalue weighted by Gasteiger charge is 2.79. The van der Waals surface area contributed by atoms with Crippen LogP contribution in [-0.4, -0.2) is 28.7 Å². The van der Waals surface area contributed by atoms with Crippen molar-refractivity contribution in [3.05, 3.63) is 140 Å². The van der Waals surface area contributed by atoms with E-state index in [9.17, 15) is 19.2 Å². The number of hydrogen-bond donors (Lipinski definition) is 0. The standard InChI is InChI=1S/C32H19IO5/c33-20-16-14-19(15-17-20)30-31(26(34)21-10-4-5-11-22(21)27(31)35)25(18-8-2-1-3-9-18)32(38-30)28(36)23-12-6-7-13-24(23)29(32)37/h1-17,25,30H/t25-,30-/m0/s1. The van der Waals surface area contributed by atoms with Gasteiger partial charge >= 0.3 is 0 Å². The Balaban J connectivity index is 1.59. The highest BCUT2D eigenvalue weighted by molar-refractivity contribution is 14.1. The summed E-state index contributed by atoms with van der Waals surface area (Å²) >= 11 is 2.18. The summed E-state index contributed by atoms with van der Waals surface area (Å²) in [5.74, 6) is -3.06. The molecule has 4 aromatic rings. The molecule has 184 valence electrons. The molecule has 0 unspecified atom stereocenters. The van der Waals surface area contributed by atoms with Crippen LogP contribution < -0.4 is 0 Å². The summed E-state index contributed by atoms with van der Waals surface area (Å²) in [5.41, 5.74) is -1.76. The Morgan fingerprint density at radius 3 is 1.47 bits per heavy atom. The Morgan fingerprint density at radius 2 is 0.974 bits per heavy atom. The van der Waals surface area contributed by atoms with Crippen LogP contribution in [0.5, 0.6) is 0 Å². The fraction of sp³-hybridized carbons (Fsp3) is 0.125. The zero-order chi connectivity index (χ0) is 26.2. The van der Waals surface area contributed by atoms with Crippen molar-refractivity contribution in [3.63, 3.8) is 0 Å². The molecular weight excluding hydrogens is 591 g/mol.